The molecule has 2 aliphatic rings. The summed E-state index contributed by atoms with van der Waals surface area (Å²) in [6.45, 7) is 0. The van der Waals surface area contributed by atoms with Crippen molar-refractivity contribution in [1.29, 1.82) is 0 Å². The van der Waals surface area contributed by atoms with Gasteiger partial charge in [0, 0.05) is 6.04 Å². The molecule has 34 heavy (non-hydrogen) atoms. The first-order valence-corrected chi connectivity index (χ1v) is 12.6. The van der Waals surface area contributed by atoms with Gasteiger partial charge in [-0.25, -0.2) is 4.99 Å². The maximum atomic E-state index is 13.1. The van der Waals surface area contributed by atoms with Crippen LogP contribution in [0.2, 0.25) is 0 Å². The van der Waals surface area contributed by atoms with E-state index >= 15 is 0 Å². The lowest BCUT2D eigenvalue weighted by molar-refractivity contribution is -0.124. The third-order valence-electron chi connectivity index (χ3n) is 6.91. The predicted octanol–water partition coefficient (Wildman–Crippen LogP) is 3.47. The fourth-order valence-electron chi connectivity index (χ4n) is 5.06. The molecule has 8 nitrogen and oxygen atoms in total. The summed E-state index contributed by atoms with van der Waals surface area (Å²) >= 11 is 0. The summed E-state index contributed by atoms with van der Waals surface area (Å²) in [5.74, 6) is 1.25. The van der Waals surface area contributed by atoms with Crippen molar-refractivity contribution in [2.24, 2.45) is 16.6 Å². The minimum Gasteiger partial charge on any atom is -0.493 e. The number of hydrogen-bond donors (Lipinski definition) is 3. The second-order valence-corrected chi connectivity index (χ2v) is 9.53. The minimum absolute atomic E-state index is 0.00918. The van der Waals surface area contributed by atoms with Crippen LogP contribution in [0.1, 0.15) is 76.2 Å². The second-order valence-electron chi connectivity index (χ2n) is 9.53. The molecule has 2 aliphatic carbocycles. The van der Waals surface area contributed by atoms with Crippen molar-refractivity contribution in [2.75, 3.05) is 14.2 Å². The topological polar surface area (TPSA) is 115 Å². The molecule has 1 aromatic rings. The molecule has 188 valence electrons. The lowest BCUT2D eigenvalue weighted by atomic mass is 9.84. The Bertz CT molecular complexity index is 845. The van der Waals surface area contributed by atoms with Crippen molar-refractivity contribution in [3.63, 3.8) is 0 Å². The lowest BCUT2D eigenvalue weighted by Gasteiger charge is -2.27. The zero-order valence-electron chi connectivity index (χ0n) is 20.6. The highest BCUT2D eigenvalue weighted by atomic mass is 16.5. The number of amides is 2. The van der Waals surface area contributed by atoms with Crippen LogP contribution in [0.5, 0.6) is 11.5 Å². The average molecular weight is 473 g/mol. The molecule has 2 amide bonds. The number of ether oxygens (including phenoxy) is 2. The fourth-order valence-corrected chi connectivity index (χ4v) is 5.06. The third kappa shape index (κ3) is 7.92. The molecule has 2 saturated carbocycles. The number of carbonyl (C=O) groups excluding carboxylic acids is 2. The highest BCUT2D eigenvalue weighted by Gasteiger charge is 2.27. The Hall–Kier alpha value is -2.77. The van der Waals surface area contributed by atoms with Crippen LogP contribution in [-0.4, -0.2) is 44.1 Å². The number of benzene rings is 1. The van der Waals surface area contributed by atoms with Gasteiger partial charge < -0.3 is 20.5 Å². The summed E-state index contributed by atoms with van der Waals surface area (Å²) in [6, 6.07) is 4.96. The molecule has 3 rings (SSSR count). The number of nitrogens with zero attached hydrogens (tertiary/aromatic N) is 1. The molecule has 0 saturated heterocycles. The molecule has 4 N–H and O–H groups in total. The van der Waals surface area contributed by atoms with Crippen molar-refractivity contribution < 1.29 is 19.1 Å². The highest BCUT2D eigenvalue weighted by Crippen LogP contribution is 2.29. The molecule has 0 spiro atoms. The Morgan fingerprint density at radius 3 is 2.29 bits per heavy atom. The largest absolute Gasteiger partial charge is 0.493 e. The van der Waals surface area contributed by atoms with Crippen molar-refractivity contribution in [1.82, 2.24) is 10.6 Å². The molecule has 2 fully saturated rings. The number of methoxy groups -OCH3 is 2. The van der Waals surface area contributed by atoms with E-state index in [9.17, 15) is 9.59 Å². The second kappa shape index (κ2) is 13.2. The monoisotopic (exact) mass is 472 g/mol. The van der Waals surface area contributed by atoms with E-state index in [1.807, 2.05) is 0 Å². The van der Waals surface area contributed by atoms with Gasteiger partial charge in [0.05, 0.1) is 20.6 Å². The van der Waals surface area contributed by atoms with E-state index in [2.05, 4.69) is 15.6 Å². The van der Waals surface area contributed by atoms with Crippen LogP contribution < -0.4 is 25.8 Å². The van der Waals surface area contributed by atoms with E-state index in [1.165, 1.54) is 25.7 Å². The van der Waals surface area contributed by atoms with Gasteiger partial charge in [0.2, 0.25) is 11.8 Å². The normalized spacial score (nSPS) is 18.7. The number of guanidine groups is 1. The summed E-state index contributed by atoms with van der Waals surface area (Å²) in [6.07, 6.45) is 12.2. The molecular weight excluding hydrogens is 432 g/mol. The van der Waals surface area contributed by atoms with Gasteiger partial charge in [-0.3, -0.25) is 14.9 Å². The van der Waals surface area contributed by atoms with Gasteiger partial charge in [-0.2, -0.15) is 0 Å². The molecule has 1 atom stereocenters. The summed E-state index contributed by atoms with van der Waals surface area (Å²) in [5, 5.41) is 5.85. The Kier molecular flexibility index (Phi) is 10.0. The number of aliphatic imine (C=N–C) groups is 1. The first-order chi connectivity index (χ1) is 16.5. The minimum atomic E-state index is -0.577. The van der Waals surface area contributed by atoms with Crippen LogP contribution in [0, 0.1) is 5.92 Å². The number of hydrogen-bond acceptors (Lipinski definition) is 5. The third-order valence-corrected chi connectivity index (χ3v) is 6.91. The van der Waals surface area contributed by atoms with Crippen molar-refractivity contribution in [2.45, 2.75) is 89.1 Å². The zero-order chi connectivity index (χ0) is 24.3. The van der Waals surface area contributed by atoms with Gasteiger partial charge in [-0.05, 0) is 42.9 Å². The van der Waals surface area contributed by atoms with Crippen LogP contribution >= 0.6 is 0 Å². The first-order valence-electron chi connectivity index (χ1n) is 12.6. The lowest BCUT2D eigenvalue weighted by Crippen LogP contribution is -2.45. The molecular formula is C26H40N4O4. The maximum absolute atomic E-state index is 13.1. The molecule has 0 aliphatic heterocycles. The Balaban J connectivity index is 1.63. The highest BCUT2D eigenvalue weighted by molar-refractivity contribution is 5.98. The number of rotatable bonds is 9. The first kappa shape index (κ1) is 25.8. The summed E-state index contributed by atoms with van der Waals surface area (Å²) < 4.78 is 10.5. The number of nitrogens with one attached hydrogen (secondary N) is 2. The number of carbonyl (C=O) groups is 2. The van der Waals surface area contributed by atoms with E-state index in [4.69, 9.17) is 15.2 Å². The smallest absolute Gasteiger partial charge is 0.245 e. The molecule has 1 aromatic carbocycles. The quantitative estimate of drug-likeness (QED) is 0.376. The zero-order valence-corrected chi connectivity index (χ0v) is 20.6. The predicted molar refractivity (Wildman–Crippen MR) is 133 cm³/mol. The Morgan fingerprint density at radius 1 is 1.00 bits per heavy atom. The summed E-state index contributed by atoms with van der Waals surface area (Å²) in [4.78, 5) is 30.2. The fraction of sp³-hybridized carbons (Fsp3) is 0.654. The van der Waals surface area contributed by atoms with E-state index in [1.54, 1.807) is 32.4 Å². The van der Waals surface area contributed by atoms with Crippen molar-refractivity contribution in [3.05, 3.63) is 23.8 Å². The van der Waals surface area contributed by atoms with E-state index < -0.39 is 6.04 Å². The van der Waals surface area contributed by atoms with E-state index in [-0.39, 0.29) is 30.2 Å². The maximum Gasteiger partial charge on any atom is 0.245 e. The Morgan fingerprint density at radius 2 is 1.65 bits per heavy atom. The number of nitrogens with two attached hydrogens (primary N) is 1. The summed E-state index contributed by atoms with van der Waals surface area (Å²) in [5.41, 5.74) is 6.86. The Labute approximate surface area is 203 Å². The van der Waals surface area contributed by atoms with Gasteiger partial charge in [-0.1, -0.05) is 57.4 Å². The van der Waals surface area contributed by atoms with Gasteiger partial charge in [-0.15, -0.1) is 0 Å². The van der Waals surface area contributed by atoms with E-state index in [0.717, 1.165) is 44.1 Å². The van der Waals surface area contributed by atoms with Crippen LogP contribution in [-0.2, 0) is 16.0 Å². The van der Waals surface area contributed by atoms with Gasteiger partial charge in [0.15, 0.2) is 17.5 Å². The molecule has 0 radical (unpaired) electrons. The average Bonchev–Trinajstić information content (AvgIpc) is 2.84. The SMILES string of the molecule is COc1ccc(CC(=O)NC(N)=N[C@H](CC2CCCCC2)C(=O)NC2CCCCC2)cc1OC. The molecule has 0 unspecified atom stereocenters. The van der Waals surface area contributed by atoms with Crippen molar-refractivity contribution in [3.8, 4) is 11.5 Å². The summed E-state index contributed by atoms with van der Waals surface area (Å²) in [7, 11) is 3.12. The molecule has 0 bridgehead atoms. The van der Waals surface area contributed by atoms with Gasteiger partial charge in [0.25, 0.3) is 0 Å². The van der Waals surface area contributed by atoms with Crippen LogP contribution in [0.25, 0.3) is 0 Å². The molecule has 0 heterocycles. The van der Waals surface area contributed by atoms with E-state index in [0.29, 0.717) is 23.8 Å². The van der Waals surface area contributed by atoms with Crippen molar-refractivity contribution >= 4 is 17.8 Å². The van der Waals surface area contributed by atoms with Gasteiger partial charge >= 0.3 is 0 Å². The molecule has 0 aromatic heterocycles. The standard InChI is InChI=1S/C26H40N4O4/c1-33-22-14-13-19(16-23(22)34-2)17-24(31)30-26(27)29-21(15-18-9-5-3-6-10-18)25(32)28-20-11-7-4-8-12-20/h13-14,16,18,20-21H,3-12,15,17H2,1-2H3,(H,28,32)(H3,27,29,30,31)/t21-/m1/s1. The van der Waals surface area contributed by atoms with Crippen LogP contribution in [0.3, 0.4) is 0 Å². The van der Waals surface area contributed by atoms with Crippen LogP contribution in [0.4, 0.5) is 0 Å². The van der Waals surface area contributed by atoms with Crippen LogP contribution in [0.15, 0.2) is 23.2 Å². The molecule has 8 heteroatoms. The van der Waals surface area contributed by atoms with Gasteiger partial charge in [0.1, 0.15) is 6.04 Å².